The van der Waals surface area contributed by atoms with E-state index < -0.39 is 0 Å². The molecule has 4 nitrogen and oxygen atoms in total. The lowest BCUT2D eigenvalue weighted by atomic mass is 10.00. The van der Waals surface area contributed by atoms with Crippen molar-refractivity contribution in [1.82, 2.24) is 10.4 Å². The smallest absolute Gasteiger partial charge is 0.244 e. The molecule has 0 aliphatic carbocycles. The number of carbonyl (C=O) groups excluding carboxylic acids is 1. The average molecular weight is 220 g/mol. The topological polar surface area (TPSA) is 52.6 Å². The van der Waals surface area contributed by atoms with Gasteiger partial charge in [-0.25, -0.2) is 5.48 Å². The number of nitrogens with one attached hydrogen (secondary N) is 1. The zero-order chi connectivity index (χ0) is 11.4. The first-order valence-corrected chi connectivity index (χ1v) is 5.51. The third-order valence-corrected chi connectivity index (χ3v) is 2.99. The van der Waals surface area contributed by atoms with Gasteiger partial charge in [0, 0.05) is 26.1 Å². The lowest BCUT2D eigenvalue weighted by Gasteiger charge is -2.28. The van der Waals surface area contributed by atoms with Gasteiger partial charge in [0.05, 0.1) is 0 Å². The van der Waals surface area contributed by atoms with E-state index in [-0.39, 0.29) is 5.91 Å². The summed E-state index contributed by atoms with van der Waals surface area (Å²) < 4.78 is 0. The largest absolute Gasteiger partial charge is 0.298 e. The molecule has 2 N–H and O–H groups in total. The van der Waals surface area contributed by atoms with Gasteiger partial charge in [-0.1, -0.05) is 24.3 Å². The Bertz CT molecular complexity index is 379. The molecule has 86 valence electrons. The molecule has 0 aromatic heterocycles. The zero-order valence-corrected chi connectivity index (χ0v) is 9.15. The highest BCUT2D eigenvalue weighted by atomic mass is 16.5. The van der Waals surface area contributed by atoms with Crippen molar-refractivity contribution in [3.8, 4) is 0 Å². The Morgan fingerprint density at radius 2 is 2.12 bits per heavy atom. The number of carbonyl (C=O) groups is 1. The molecule has 1 aromatic rings. The number of hydroxylamine groups is 1. The van der Waals surface area contributed by atoms with E-state index >= 15 is 0 Å². The van der Waals surface area contributed by atoms with Gasteiger partial charge in [-0.15, -0.1) is 0 Å². The summed E-state index contributed by atoms with van der Waals surface area (Å²) in [5, 5.41) is 8.40. The minimum absolute atomic E-state index is 0.321. The van der Waals surface area contributed by atoms with Crippen LogP contribution in [0.3, 0.4) is 0 Å². The van der Waals surface area contributed by atoms with Crippen molar-refractivity contribution < 1.29 is 10.0 Å². The van der Waals surface area contributed by atoms with Gasteiger partial charge in [0.1, 0.15) is 0 Å². The lowest BCUT2D eigenvalue weighted by Crippen LogP contribution is -2.33. The maximum absolute atomic E-state index is 10.9. The monoisotopic (exact) mass is 220 g/mol. The van der Waals surface area contributed by atoms with Crippen LogP contribution in [0.25, 0.3) is 0 Å². The third kappa shape index (κ3) is 2.59. The van der Waals surface area contributed by atoms with Crippen LogP contribution in [0, 0.1) is 0 Å². The van der Waals surface area contributed by atoms with Crippen molar-refractivity contribution in [3.63, 3.8) is 0 Å². The second-order valence-electron chi connectivity index (χ2n) is 4.08. The summed E-state index contributed by atoms with van der Waals surface area (Å²) in [6.45, 7) is 2.57. The SMILES string of the molecule is O=C(CCN1CCc2ccccc2C1)NO. The van der Waals surface area contributed by atoms with E-state index in [1.807, 2.05) is 6.07 Å². The summed E-state index contributed by atoms with van der Waals surface area (Å²) >= 11 is 0. The predicted octanol–water partition coefficient (Wildman–Crippen LogP) is 0.940. The number of hydrogen-bond donors (Lipinski definition) is 2. The molecular weight excluding hydrogens is 204 g/mol. The summed E-state index contributed by atoms with van der Waals surface area (Å²) in [6.07, 6.45) is 1.38. The summed E-state index contributed by atoms with van der Waals surface area (Å²) in [5.74, 6) is -0.321. The second-order valence-corrected chi connectivity index (χ2v) is 4.08. The van der Waals surface area contributed by atoms with E-state index in [4.69, 9.17) is 5.21 Å². The molecule has 0 saturated heterocycles. The molecule has 1 heterocycles. The molecule has 0 fully saturated rings. The first-order valence-electron chi connectivity index (χ1n) is 5.51. The minimum atomic E-state index is -0.321. The molecule has 1 aliphatic heterocycles. The molecule has 1 amide bonds. The number of fused-ring (bicyclic) bond motifs is 1. The van der Waals surface area contributed by atoms with Crippen molar-refractivity contribution in [1.29, 1.82) is 0 Å². The van der Waals surface area contributed by atoms with E-state index in [1.165, 1.54) is 11.1 Å². The Morgan fingerprint density at radius 3 is 2.88 bits per heavy atom. The first-order chi connectivity index (χ1) is 7.79. The van der Waals surface area contributed by atoms with Crippen molar-refractivity contribution in [2.24, 2.45) is 0 Å². The van der Waals surface area contributed by atoms with Crippen LogP contribution < -0.4 is 5.48 Å². The van der Waals surface area contributed by atoms with E-state index in [0.29, 0.717) is 13.0 Å². The maximum Gasteiger partial charge on any atom is 0.244 e. The molecule has 16 heavy (non-hydrogen) atoms. The summed E-state index contributed by atoms with van der Waals surface area (Å²) in [5.41, 5.74) is 4.41. The van der Waals surface area contributed by atoms with Crippen molar-refractivity contribution in [3.05, 3.63) is 35.4 Å². The van der Waals surface area contributed by atoms with Crippen LogP contribution in [0.4, 0.5) is 0 Å². The molecule has 4 heteroatoms. The average Bonchev–Trinajstić information content (AvgIpc) is 2.35. The van der Waals surface area contributed by atoms with Gasteiger partial charge < -0.3 is 0 Å². The predicted molar refractivity (Wildman–Crippen MR) is 60.0 cm³/mol. The fraction of sp³-hybridized carbons (Fsp3) is 0.417. The van der Waals surface area contributed by atoms with Crippen LogP contribution in [-0.4, -0.2) is 29.1 Å². The zero-order valence-electron chi connectivity index (χ0n) is 9.15. The van der Waals surface area contributed by atoms with Gasteiger partial charge in [-0.2, -0.15) is 0 Å². The quantitative estimate of drug-likeness (QED) is 0.589. The Labute approximate surface area is 94.8 Å². The fourth-order valence-corrected chi connectivity index (χ4v) is 2.06. The van der Waals surface area contributed by atoms with Gasteiger partial charge in [0.2, 0.25) is 5.91 Å². The number of nitrogens with zero attached hydrogens (tertiary/aromatic N) is 1. The highest BCUT2D eigenvalue weighted by Gasteiger charge is 2.15. The van der Waals surface area contributed by atoms with E-state index in [9.17, 15) is 4.79 Å². The van der Waals surface area contributed by atoms with Gasteiger partial charge in [-0.05, 0) is 17.5 Å². The Balaban J connectivity index is 1.90. The minimum Gasteiger partial charge on any atom is -0.298 e. The van der Waals surface area contributed by atoms with Gasteiger partial charge in [0.15, 0.2) is 0 Å². The van der Waals surface area contributed by atoms with Gasteiger partial charge in [-0.3, -0.25) is 14.9 Å². The van der Waals surface area contributed by atoms with Crippen LogP contribution >= 0.6 is 0 Å². The lowest BCUT2D eigenvalue weighted by molar-refractivity contribution is -0.129. The summed E-state index contributed by atoms with van der Waals surface area (Å²) in [6, 6.07) is 8.40. The molecular formula is C12H16N2O2. The highest BCUT2D eigenvalue weighted by Crippen LogP contribution is 2.18. The summed E-state index contributed by atoms with van der Waals surface area (Å²) in [4.78, 5) is 13.1. The Kier molecular flexibility index (Phi) is 3.54. The Hall–Kier alpha value is -1.39. The second kappa shape index (κ2) is 5.09. The summed E-state index contributed by atoms with van der Waals surface area (Å²) in [7, 11) is 0. The molecule has 2 rings (SSSR count). The maximum atomic E-state index is 10.9. The fourth-order valence-electron chi connectivity index (χ4n) is 2.06. The van der Waals surface area contributed by atoms with E-state index in [1.54, 1.807) is 5.48 Å². The van der Waals surface area contributed by atoms with Crippen LogP contribution in [0.2, 0.25) is 0 Å². The third-order valence-electron chi connectivity index (χ3n) is 2.99. The van der Waals surface area contributed by atoms with Crippen LogP contribution in [-0.2, 0) is 17.8 Å². The first kappa shape index (κ1) is 11.1. The molecule has 0 unspecified atom stereocenters. The number of amides is 1. The van der Waals surface area contributed by atoms with Gasteiger partial charge in [0.25, 0.3) is 0 Å². The highest BCUT2D eigenvalue weighted by molar-refractivity contribution is 5.74. The molecule has 1 aromatic carbocycles. The molecule has 0 saturated carbocycles. The van der Waals surface area contributed by atoms with E-state index in [0.717, 1.165) is 19.5 Å². The normalized spacial score (nSPS) is 15.6. The molecule has 0 atom stereocenters. The molecule has 0 radical (unpaired) electrons. The molecule has 0 bridgehead atoms. The van der Waals surface area contributed by atoms with Crippen molar-refractivity contribution in [2.45, 2.75) is 19.4 Å². The van der Waals surface area contributed by atoms with Crippen LogP contribution in [0.15, 0.2) is 24.3 Å². The van der Waals surface area contributed by atoms with Crippen LogP contribution in [0.5, 0.6) is 0 Å². The number of hydrogen-bond acceptors (Lipinski definition) is 3. The van der Waals surface area contributed by atoms with Gasteiger partial charge >= 0.3 is 0 Å². The molecule has 1 aliphatic rings. The van der Waals surface area contributed by atoms with E-state index in [2.05, 4.69) is 23.1 Å². The van der Waals surface area contributed by atoms with Crippen LogP contribution in [0.1, 0.15) is 17.5 Å². The number of benzene rings is 1. The molecule has 0 spiro atoms. The Morgan fingerprint density at radius 1 is 1.38 bits per heavy atom. The number of rotatable bonds is 3. The standard InChI is InChI=1S/C12H16N2O2/c15-12(13-16)6-8-14-7-5-10-3-1-2-4-11(10)9-14/h1-4,16H,5-9H2,(H,13,15). The van der Waals surface area contributed by atoms with Crippen molar-refractivity contribution >= 4 is 5.91 Å². The van der Waals surface area contributed by atoms with Crippen molar-refractivity contribution in [2.75, 3.05) is 13.1 Å².